The molecule has 0 heterocycles. The number of carbonyl (C=O) groups excluding carboxylic acids is 2. The van der Waals surface area contributed by atoms with Crippen molar-refractivity contribution in [2.45, 2.75) is 25.5 Å². The van der Waals surface area contributed by atoms with Gasteiger partial charge in [0.15, 0.2) is 17.3 Å². The number of hydrogen-bond acceptors (Lipinski definition) is 5. The van der Waals surface area contributed by atoms with Crippen LogP contribution < -0.4 is 9.47 Å². The smallest absolute Gasteiger partial charge is 0.254 e. The van der Waals surface area contributed by atoms with Gasteiger partial charge >= 0.3 is 0 Å². The molecule has 0 aromatic heterocycles. The third-order valence-electron chi connectivity index (χ3n) is 6.89. The molecular weight excluding hydrogens is 509 g/mol. The lowest BCUT2D eigenvalue weighted by Crippen LogP contribution is -2.32. The van der Waals surface area contributed by atoms with E-state index in [1.807, 2.05) is 23.1 Å². The normalized spacial score (nSPS) is 13.4. The van der Waals surface area contributed by atoms with Gasteiger partial charge < -0.3 is 19.5 Å². The molecule has 5 rings (SSSR count). The molecule has 0 radical (unpaired) electrons. The maximum atomic E-state index is 13.7. The first-order valence-corrected chi connectivity index (χ1v) is 13.2. The molecule has 1 saturated carbocycles. The summed E-state index contributed by atoms with van der Waals surface area (Å²) in [6.07, 6.45) is 0.960. The highest BCUT2D eigenvalue weighted by molar-refractivity contribution is 6.00. The van der Waals surface area contributed by atoms with Gasteiger partial charge in [-0.1, -0.05) is 54.6 Å². The fourth-order valence-corrected chi connectivity index (χ4v) is 4.48. The number of aliphatic hydroxyl groups is 1. The Kier molecular flexibility index (Phi) is 8.22. The average Bonchev–Trinajstić information content (AvgIpc) is 3.81. The van der Waals surface area contributed by atoms with Crippen molar-refractivity contribution in [3.63, 3.8) is 0 Å². The van der Waals surface area contributed by atoms with E-state index in [1.54, 1.807) is 60.7 Å². The van der Waals surface area contributed by atoms with Crippen molar-refractivity contribution in [3.8, 4) is 17.2 Å². The number of ether oxygens (including phenoxy) is 2. The van der Waals surface area contributed by atoms with Crippen LogP contribution in [0.1, 0.15) is 50.8 Å². The molecule has 1 atom stereocenters. The van der Waals surface area contributed by atoms with Crippen LogP contribution in [0, 0.1) is 11.7 Å². The Hall–Kier alpha value is -4.49. The zero-order valence-electron chi connectivity index (χ0n) is 22.1. The van der Waals surface area contributed by atoms with Crippen LogP contribution in [-0.4, -0.2) is 35.4 Å². The monoisotopic (exact) mass is 539 g/mol. The molecule has 7 heteroatoms. The third-order valence-corrected chi connectivity index (χ3v) is 6.89. The number of hydrogen-bond donors (Lipinski definition) is 1. The van der Waals surface area contributed by atoms with Gasteiger partial charge in [-0.05, 0) is 66.3 Å². The lowest BCUT2D eigenvalue weighted by Gasteiger charge is -2.23. The van der Waals surface area contributed by atoms with Crippen molar-refractivity contribution in [3.05, 3.63) is 125 Å². The van der Waals surface area contributed by atoms with E-state index in [-0.39, 0.29) is 17.4 Å². The number of ketones is 1. The van der Waals surface area contributed by atoms with Crippen LogP contribution in [0.4, 0.5) is 4.39 Å². The van der Waals surface area contributed by atoms with Crippen LogP contribution >= 0.6 is 0 Å². The van der Waals surface area contributed by atoms with Gasteiger partial charge in [0.05, 0.1) is 7.11 Å². The van der Waals surface area contributed by atoms with E-state index in [0.717, 1.165) is 18.4 Å². The average molecular weight is 540 g/mol. The summed E-state index contributed by atoms with van der Waals surface area (Å²) in [4.78, 5) is 28.1. The van der Waals surface area contributed by atoms with E-state index in [1.165, 1.54) is 25.3 Å². The summed E-state index contributed by atoms with van der Waals surface area (Å²) in [6.45, 7) is 1.04. The van der Waals surface area contributed by atoms with E-state index in [2.05, 4.69) is 0 Å². The molecule has 6 nitrogen and oxygen atoms in total. The minimum absolute atomic E-state index is 0.110. The molecule has 204 valence electrons. The number of amides is 1. The largest absolute Gasteiger partial charge is 0.493 e. The van der Waals surface area contributed by atoms with Crippen molar-refractivity contribution in [1.82, 2.24) is 4.90 Å². The Balaban J connectivity index is 1.27. The number of carbonyl (C=O) groups is 2. The minimum atomic E-state index is -1.23. The predicted octanol–water partition coefficient (Wildman–Crippen LogP) is 6.60. The van der Waals surface area contributed by atoms with Gasteiger partial charge in [0.2, 0.25) is 0 Å². The highest BCUT2D eigenvalue weighted by Gasteiger charge is 2.28. The zero-order chi connectivity index (χ0) is 28.1. The molecule has 0 spiro atoms. The van der Waals surface area contributed by atoms with E-state index in [4.69, 9.17) is 9.47 Å². The Bertz CT molecular complexity index is 1470. The topological polar surface area (TPSA) is 76.1 Å². The minimum Gasteiger partial charge on any atom is -0.493 e. The van der Waals surface area contributed by atoms with Gasteiger partial charge in [-0.3, -0.25) is 9.59 Å². The second kappa shape index (κ2) is 12.1. The summed E-state index contributed by atoms with van der Waals surface area (Å²) in [5.74, 6) is 0.655. The summed E-state index contributed by atoms with van der Waals surface area (Å²) in [5, 5.41) is 10.5. The van der Waals surface area contributed by atoms with Gasteiger partial charge in [0.25, 0.3) is 5.91 Å². The fourth-order valence-electron chi connectivity index (χ4n) is 4.48. The van der Waals surface area contributed by atoms with Crippen molar-refractivity contribution in [1.29, 1.82) is 0 Å². The molecule has 0 saturated heterocycles. The van der Waals surface area contributed by atoms with Crippen molar-refractivity contribution in [2.75, 3.05) is 13.7 Å². The molecule has 1 unspecified atom stereocenters. The Morgan fingerprint density at radius 1 is 0.900 bits per heavy atom. The summed E-state index contributed by atoms with van der Waals surface area (Å²) in [7, 11) is 1.48. The van der Waals surface area contributed by atoms with Crippen LogP contribution in [0.5, 0.6) is 17.2 Å². The van der Waals surface area contributed by atoms with Crippen LogP contribution in [0.15, 0.2) is 97.1 Å². The van der Waals surface area contributed by atoms with Crippen molar-refractivity contribution in [2.24, 2.45) is 5.92 Å². The van der Waals surface area contributed by atoms with Crippen molar-refractivity contribution >= 4 is 11.7 Å². The SMILES string of the molecule is COc1ccc(F)cc1Oc1ccc(C(=O)N(Cc2ccc(C(=O)C(O)c3ccccc3)cc2)CC2CC2)cc1. The molecule has 40 heavy (non-hydrogen) atoms. The lowest BCUT2D eigenvalue weighted by molar-refractivity contribution is 0.0731. The molecule has 4 aromatic carbocycles. The summed E-state index contributed by atoms with van der Waals surface area (Å²) in [5.41, 5.74) is 2.35. The Morgan fingerprint density at radius 2 is 1.57 bits per heavy atom. The summed E-state index contributed by atoms with van der Waals surface area (Å²) >= 11 is 0. The number of Topliss-reactive ketones (excluding diaryl/α,β-unsaturated/α-hetero) is 1. The number of aliphatic hydroxyl groups excluding tert-OH is 1. The standard InChI is InChI=1S/C33H30FNO5/c1-39-29-18-15-27(34)19-30(29)40-28-16-13-26(14-17-28)33(38)35(20-22-7-8-22)21-23-9-11-25(12-10-23)32(37)31(36)24-5-3-2-4-6-24/h2-6,9-19,22,31,36H,7-8,20-21H2,1H3. The lowest BCUT2D eigenvalue weighted by atomic mass is 9.99. The van der Waals surface area contributed by atoms with Crippen LogP contribution in [-0.2, 0) is 6.54 Å². The first-order chi connectivity index (χ1) is 19.4. The zero-order valence-corrected chi connectivity index (χ0v) is 22.1. The van der Waals surface area contributed by atoms with Crippen LogP contribution in [0.3, 0.4) is 0 Å². The van der Waals surface area contributed by atoms with Gasteiger partial charge in [-0.2, -0.15) is 0 Å². The van der Waals surface area contributed by atoms with Crippen molar-refractivity contribution < 1.29 is 28.6 Å². The highest BCUT2D eigenvalue weighted by atomic mass is 19.1. The summed E-state index contributed by atoms with van der Waals surface area (Å²) < 4.78 is 24.7. The first-order valence-electron chi connectivity index (χ1n) is 13.2. The quantitative estimate of drug-likeness (QED) is 0.218. The van der Waals surface area contributed by atoms with Gasteiger partial charge in [0.1, 0.15) is 17.7 Å². The van der Waals surface area contributed by atoms with Gasteiger partial charge in [-0.15, -0.1) is 0 Å². The number of rotatable bonds is 11. The fraction of sp³-hybridized carbons (Fsp3) is 0.212. The van der Waals surface area contributed by atoms with E-state index < -0.39 is 11.9 Å². The molecule has 1 aliphatic carbocycles. The molecule has 1 aliphatic rings. The number of halogens is 1. The summed E-state index contributed by atoms with van der Waals surface area (Å²) in [6, 6.07) is 26.6. The molecule has 1 fully saturated rings. The predicted molar refractivity (Wildman–Crippen MR) is 149 cm³/mol. The van der Waals surface area contributed by atoms with E-state index >= 15 is 0 Å². The molecule has 1 amide bonds. The number of methoxy groups -OCH3 is 1. The molecule has 4 aromatic rings. The Morgan fingerprint density at radius 3 is 2.23 bits per heavy atom. The second-order valence-corrected chi connectivity index (χ2v) is 9.93. The van der Waals surface area contributed by atoms with Gasteiger partial charge in [-0.25, -0.2) is 4.39 Å². The maximum absolute atomic E-state index is 13.7. The van der Waals surface area contributed by atoms with E-state index in [0.29, 0.717) is 47.2 Å². The molecule has 0 aliphatic heterocycles. The molecule has 0 bridgehead atoms. The Labute approximate surface area is 232 Å². The molecular formula is C33H30FNO5. The van der Waals surface area contributed by atoms with Crippen LogP contribution in [0.2, 0.25) is 0 Å². The third kappa shape index (κ3) is 6.55. The number of nitrogens with zero attached hydrogens (tertiary/aromatic N) is 1. The number of benzene rings is 4. The molecule has 1 N–H and O–H groups in total. The maximum Gasteiger partial charge on any atom is 0.254 e. The highest BCUT2D eigenvalue weighted by Crippen LogP contribution is 2.33. The first kappa shape index (κ1) is 27.1. The van der Waals surface area contributed by atoms with Crippen LogP contribution in [0.25, 0.3) is 0 Å². The van der Waals surface area contributed by atoms with Gasteiger partial charge in [0, 0.05) is 30.3 Å². The second-order valence-electron chi connectivity index (χ2n) is 9.93. The van der Waals surface area contributed by atoms with E-state index in [9.17, 15) is 19.1 Å².